The lowest BCUT2D eigenvalue weighted by Gasteiger charge is -2.11. The van der Waals surface area contributed by atoms with Crippen LogP contribution in [0.25, 0.3) is 0 Å². The summed E-state index contributed by atoms with van der Waals surface area (Å²) in [4.78, 5) is 10.4. The van der Waals surface area contributed by atoms with E-state index in [-0.39, 0.29) is 5.82 Å². The molecule has 0 atom stereocenters. The van der Waals surface area contributed by atoms with E-state index in [4.69, 9.17) is 0 Å². The highest BCUT2D eigenvalue weighted by Gasteiger charge is 2.04. The van der Waals surface area contributed by atoms with Gasteiger partial charge >= 0.3 is 0 Å². The van der Waals surface area contributed by atoms with Crippen LogP contribution in [0.4, 0.5) is 21.5 Å². The molecule has 1 amide bonds. The predicted octanol–water partition coefficient (Wildman–Crippen LogP) is 3.14. The van der Waals surface area contributed by atoms with Gasteiger partial charge < -0.3 is 10.6 Å². The Labute approximate surface area is 98.3 Å². The van der Waals surface area contributed by atoms with E-state index in [1.165, 1.54) is 6.07 Å². The second-order valence-corrected chi connectivity index (χ2v) is 3.41. The number of carbonyl (C=O) groups is 1. The van der Waals surface area contributed by atoms with E-state index in [1.807, 2.05) is 0 Å². The Morgan fingerprint density at radius 1 is 0.882 bits per heavy atom. The lowest BCUT2D eigenvalue weighted by Crippen LogP contribution is -2.00. The van der Waals surface area contributed by atoms with Gasteiger partial charge in [-0.3, -0.25) is 4.79 Å². The van der Waals surface area contributed by atoms with Gasteiger partial charge in [0, 0.05) is 0 Å². The van der Waals surface area contributed by atoms with Gasteiger partial charge in [0.05, 0.1) is 17.1 Å². The first-order chi connectivity index (χ1) is 8.31. The molecule has 86 valence electrons. The predicted molar refractivity (Wildman–Crippen MR) is 65.8 cm³/mol. The number of amides is 1. The van der Waals surface area contributed by atoms with E-state index in [9.17, 15) is 9.18 Å². The summed E-state index contributed by atoms with van der Waals surface area (Å²) in [6.07, 6.45) is 0.585. The van der Waals surface area contributed by atoms with Crippen molar-refractivity contribution in [2.75, 3.05) is 10.6 Å². The Morgan fingerprint density at radius 3 is 2.12 bits per heavy atom. The van der Waals surface area contributed by atoms with Gasteiger partial charge in [-0.25, -0.2) is 4.39 Å². The zero-order chi connectivity index (χ0) is 12.1. The lowest BCUT2D eigenvalue weighted by molar-refractivity contribution is -0.105. The maximum Gasteiger partial charge on any atom is 0.211 e. The SMILES string of the molecule is O=CNc1ccccc1Nc1ccccc1F. The standard InChI is InChI=1S/C13H11FN2O/c14-10-5-1-2-6-11(10)16-13-8-4-3-7-12(13)15-9-17/h1-9,16H,(H,15,17). The highest BCUT2D eigenvalue weighted by atomic mass is 19.1. The largest absolute Gasteiger partial charge is 0.351 e. The molecule has 2 aromatic rings. The van der Waals surface area contributed by atoms with E-state index in [0.29, 0.717) is 23.5 Å². The molecule has 0 bridgehead atoms. The van der Waals surface area contributed by atoms with Gasteiger partial charge in [-0.15, -0.1) is 0 Å². The molecular formula is C13H11FN2O. The van der Waals surface area contributed by atoms with Crippen molar-refractivity contribution in [1.82, 2.24) is 0 Å². The van der Waals surface area contributed by atoms with Gasteiger partial charge in [-0.2, -0.15) is 0 Å². The smallest absolute Gasteiger partial charge is 0.211 e. The number of hydrogen-bond acceptors (Lipinski definition) is 2. The van der Waals surface area contributed by atoms with Crippen molar-refractivity contribution in [3.63, 3.8) is 0 Å². The van der Waals surface area contributed by atoms with Crippen molar-refractivity contribution >= 4 is 23.5 Å². The number of rotatable bonds is 4. The normalized spacial score (nSPS) is 9.71. The second kappa shape index (κ2) is 5.12. The number of nitrogens with one attached hydrogen (secondary N) is 2. The number of para-hydroxylation sites is 3. The molecule has 0 unspecified atom stereocenters. The highest BCUT2D eigenvalue weighted by molar-refractivity contribution is 5.83. The maximum absolute atomic E-state index is 13.4. The zero-order valence-corrected chi connectivity index (χ0v) is 8.98. The summed E-state index contributed by atoms with van der Waals surface area (Å²) in [5, 5.41) is 5.48. The van der Waals surface area contributed by atoms with E-state index in [0.717, 1.165) is 0 Å². The van der Waals surface area contributed by atoms with E-state index in [2.05, 4.69) is 10.6 Å². The number of hydrogen-bond donors (Lipinski definition) is 2. The molecule has 0 aromatic heterocycles. The van der Waals surface area contributed by atoms with Crippen molar-refractivity contribution in [3.8, 4) is 0 Å². The fraction of sp³-hybridized carbons (Fsp3) is 0. The molecule has 0 fully saturated rings. The number of benzene rings is 2. The Balaban J connectivity index is 2.30. The quantitative estimate of drug-likeness (QED) is 0.792. The molecule has 2 N–H and O–H groups in total. The average Bonchev–Trinajstić information content (AvgIpc) is 2.35. The molecule has 0 saturated carbocycles. The van der Waals surface area contributed by atoms with Gasteiger partial charge in [0.25, 0.3) is 0 Å². The molecule has 0 heterocycles. The van der Waals surface area contributed by atoms with Gasteiger partial charge in [0.15, 0.2) is 0 Å². The first kappa shape index (κ1) is 11.1. The molecule has 0 aliphatic carbocycles. The molecule has 0 aliphatic heterocycles. The van der Waals surface area contributed by atoms with Crippen LogP contribution in [-0.4, -0.2) is 6.41 Å². The zero-order valence-electron chi connectivity index (χ0n) is 8.98. The third-order valence-electron chi connectivity index (χ3n) is 2.28. The molecule has 0 spiro atoms. The van der Waals surface area contributed by atoms with Crippen LogP contribution in [0, 0.1) is 5.82 Å². The minimum atomic E-state index is -0.339. The van der Waals surface area contributed by atoms with Crippen molar-refractivity contribution in [3.05, 3.63) is 54.3 Å². The third-order valence-corrected chi connectivity index (χ3v) is 2.28. The van der Waals surface area contributed by atoms with Crippen LogP contribution in [0.2, 0.25) is 0 Å². The molecular weight excluding hydrogens is 219 g/mol. The van der Waals surface area contributed by atoms with Gasteiger partial charge in [0.1, 0.15) is 5.82 Å². The van der Waals surface area contributed by atoms with Crippen LogP contribution in [0.5, 0.6) is 0 Å². The highest BCUT2D eigenvalue weighted by Crippen LogP contribution is 2.25. The number of anilines is 3. The Kier molecular flexibility index (Phi) is 3.35. The first-order valence-corrected chi connectivity index (χ1v) is 5.12. The first-order valence-electron chi connectivity index (χ1n) is 5.12. The van der Waals surface area contributed by atoms with Crippen molar-refractivity contribution in [1.29, 1.82) is 0 Å². The van der Waals surface area contributed by atoms with Gasteiger partial charge in [-0.05, 0) is 24.3 Å². The molecule has 2 aromatic carbocycles. The van der Waals surface area contributed by atoms with E-state index >= 15 is 0 Å². The van der Waals surface area contributed by atoms with Crippen LogP contribution in [0.1, 0.15) is 0 Å². The van der Waals surface area contributed by atoms with Gasteiger partial charge in [-0.1, -0.05) is 24.3 Å². The molecule has 0 radical (unpaired) electrons. The van der Waals surface area contributed by atoms with Crippen LogP contribution in [0.3, 0.4) is 0 Å². The van der Waals surface area contributed by atoms with E-state index < -0.39 is 0 Å². The van der Waals surface area contributed by atoms with Crippen molar-refractivity contribution in [2.24, 2.45) is 0 Å². The fourth-order valence-electron chi connectivity index (χ4n) is 1.49. The Morgan fingerprint density at radius 2 is 1.47 bits per heavy atom. The van der Waals surface area contributed by atoms with Crippen LogP contribution in [0.15, 0.2) is 48.5 Å². The summed E-state index contributed by atoms with van der Waals surface area (Å²) in [6, 6.07) is 13.5. The van der Waals surface area contributed by atoms with Crippen molar-refractivity contribution < 1.29 is 9.18 Å². The third kappa shape index (κ3) is 2.60. The summed E-state index contributed by atoms with van der Waals surface area (Å²) >= 11 is 0. The van der Waals surface area contributed by atoms with Crippen molar-refractivity contribution in [2.45, 2.75) is 0 Å². The number of halogens is 1. The summed E-state index contributed by atoms with van der Waals surface area (Å²) < 4.78 is 13.4. The molecule has 4 heteroatoms. The molecule has 3 nitrogen and oxygen atoms in total. The van der Waals surface area contributed by atoms with Crippen LogP contribution in [-0.2, 0) is 4.79 Å². The summed E-state index contributed by atoms with van der Waals surface area (Å²) in [5.41, 5.74) is 1.61. The molecule has 0 saturated heterocycles. The monoisotopic (exact) mass is 230 g/mol. The molecule has 0 aliphatic rings. The lowest BCUT2D eigenvalue weighted by atomic mass is 10.2. The topological polar surface area (TPSA) is 41.1 Å². The second-order valence-electron chi connectivity index (χ2n) is 3.41. The molecule has 2 rings (SSSR count). The summed E-state index contributed by atoms with van der Waals surface area (Å²) in [7, 11) is 0. The molecule has 17 heavy (non-hydrogen) atoms. The van der Waals surface area contributed by atoms with Crippen LogP contribution >= 0.6 is 0 Å². The average molecular weight is 230 g/mol. The van der Waals surface area contributed by atoms with Gasteiger partial charge in [0.2, 0.25) is 6.41 Å². The Bertz CT molecular complexity index is 528. The van der Waals surface area contributed by atoms with E-state index in [1.54, 1.807) is 42.5 Å². The minimum absolute atomic E-state index is 0.339. The minimum Gasteiger partial charge on any atom is -0.351 e. The summed E-state index contributed by atoms with van der Waals surface area (Å²) in [5.74, 6) is -0.339. The fourth-order valence-corrected chi connectivity index (χ4v) is 1.49. The maximum atomic E-state index is 13.4. The summed E-state index contributed by atoms with van der Waals surface area (Å²) in [6.45, 7) is 0. The van der Waals surface area contributed by atoms with Crippen LogP contribution < -0.4 is 10.6 Å². The Hall–Kier alpha value is -2.36. The number of carbonyl (C=O) groups excluding carboxylic acids is 1.